The molecular weight excluding hydrogens is 392 g/mol. The highest BCUT2D eigenvalue weighted by Gasteiger charge is 2.33. The third kappa shape index (κ3) is 4.28. The number of hydrogen-bond donors (Lipinski definition) is 1. The zero-order chi connectivity index (χ0) is 22.0. The average molecular weight is 423 g/mol. The van der Waals surface area contributed by atoms with Crippen molar-refractivity contribution in [2.45, 2.75) is 38.8 Å². The van der Waals surface area contributed by atoms with Gasteiger partial charge in [0.25, 0.3) is 5.91 Å². The van der Waals surface area contributed by atoms with Crippen molar-refractivity contribution in [2.75, 3.05) is 42.6 Å². The van der Waals surface area contributed by atoms with E-state index in [2.05, 4.69) is 22.9 Å². The van der Waals surface area contributed by atoms with Crippen molar-refractivity contribution >= 4 is 23.7 Å². The Balaban J connectivity index is 1.41. The molecule has 7 nitrogen and oxygen atoms in total. The number of hydrogen-bond acceptors (Lipinski definition) is 6. The lowest BCUT2D eigenvalue weighted by atomic mass is 10.1. The van der Waals surface area contributed by atoms with Gasteiger partial charge in [0.05, 0.1) is 18.7 Å². The second-order valence-electron chi connectivity index (χ2n) is 8.50. The highest BCUT2D eigenvalue weighted by atomic mass is 16.3. The third-order valence-electron chi connectivity index (χ3n) is 6.38. The van der Waals surface area contributed by atoms with E-state index >= 15 is 0 Å². The van der Waals surface area contributed by atoms with Crippen LogP contribution in [0.2, 0.25) is 0 Å². The molecule has 2 fully saturated rings. The van der Waals surface area contributed by atoms with Crippen molar-refractivity contribution in [3.05, 3.63) is 53.2 Å². The molecule has 0 aliphatic carbocycles. The zero-order valence-electron chi connectivity index (χ0n) is 18.2. The Morgan fingerprint density at radius 3 is 2.45 bits per heavy atom. The van der Waals surface area contributed by atoms with Gasteiger partial charge in [0, 0.05) is 43.6 Å². The minimum absolute atomic E-state index is 0.0185. The second-order valence-corrected chi connectivity index (χ2v) is 8.50. The van der Waals surface area contributed by atoms with Crippen molar-refractivity contribution in [1.82, 2.24) is 9.88 Å². The zero-order valence-corrected chi connectivity index (χ0v) is 18.2. The summed E-state index contributed by atoms with van der Waals surface area (Å²) in [4.78, 5) is 35.1. The predicted octanol–water partition coefficient (Wildman–Crippen LogP) is 2.19. The minimum atomic E-state index is -0.217. The SMILES string of the molecule is Cc1cnc(N2CCN(C(=O)c3ccc(N4C(C=O)CCC4CO)cc3)CC2)c(C)c1. The Morgan fingerprint density at radius 2 is 1.84 bits per heavy atom. The molecule has 1 aromatic carbocycles. The topological polar surface area (TPSA) is 77.0 Å². The fraction of sp³-hybridized carbons (Fsp3) is 0.458. The molecule has 0 radical (unpaired) electrons. The minimum Gasteiger partial charge on any atom is -0.394 e. The maximum absolute atomic E-state index is 13.0. The summed E-state index contributed by atoms with van der Waals surface area (Å²) in [6.07, 6.45) is 4.37. The molecule has 2 atom stereocenters. The highest BCUT2D eigenvalue weighted by molar-refractivity contribution is 5.94. The first-order valence-electron chi connectivity index (χ1n) is 10.9. The van der Waals surface area contributed by atoms with Crippen LogP contribution in [0.1, 0.15) is 34.3 Å². The number of carbonyl (C=O) groups excluding carboxylic acids is 2. The third-order valence-corrected chi connectivity index (χ3v) is 6.38. The number of nitrogens with zero attached hydrogens (tertiary/aromatic N) is 4. The molecule has 2 saturated heterocycles. The van der Waals surface area contributed by atoms with Gasteiger partial charge in [0.15, 0.2) is 0 Å². The molecule has 3 heterocycles. The first-order valence-corrected chi connectivity index (χ1v) is 10.9. The van der Waals surface area contributed by atoms with Gasteiger partial charge in [0.2, 0.25) is 0 Å². The van der Waals surface area contributed by atoms with E-state index < -0.39 is 0 Å². The van der Waals surface area contributed by atoms with E-state index in [0.717, 1.165) is 54.8 Å². The fourth-order valence-corrected chi connectivity index (χ4v) is 4.75. The number of amides is 1. The van der Waals surface area contributed by atoms with Crippen LogP contribution in [0.15, 0.2) is 36.5 Å². The van der Waals surface area contributed by atoms with E-state index in [0.29, 0.717) is 18.7 Å². The van der Waals surface area contributed by atoms with Crippen LogP contribution in [0.3, 0.4) is 0 Å². The van der Waals surface area contributed by atoms with Crippen LogP contribution in [0.4, 0.5) is 11.5 Å². The van der Waals surface area contributed by atoms with Gasteiger partial charge in [-0.3, -0.25) is 4.79 Å². The number of aldehydes is 1. The summed E-state index contributed by atoms with van der Waals surface area (Å²) < 4.78 is 0. The Hall–Kier alpha value is -2.93. The van der Waals surface area contributed by atoms with Crippen molar-refractivity contribution in [3.63, 3.8) is 0 Å². The molecule has 0 saturated carbocycles. The van der Waals surface area contributed by atoms with E-state index in [9.17, 15) is 14.7 Å². The summed E-state index contributed by atoms with van der Waals surface area (Å²) in [5.41, 5.74) is 3.82. The second kappa shape index (κ2) is 9.06. The summed E-state index contributed by atoms with van der Waals surface area (Å²) in [5.74, 6) is 1.02. The smallest absolute Gasteiger partial charge is 0.253 e. The van der Waals surface area contributed by atoms with E-state index in [1.54, 1.807) is 0 Å². The first kappa shape index (κ1) is 21.3. The molecular formula is C24H30N4O3. The Bertz CT molecular complexity index is 938. The summed E-state index contributed by atoms with van der Waals surface area (Å²) in [6.45, 7) is 6.96. The molecule has 31 heavy (non-hydrogen) atoms. The Labute approximate surface area is 183 Å². The maximum atomic E-state index is 13.0. The van der Waals surface area contributed by atoms with Crippen LogP contribution in [-0.2, 0) is 4.79 Å². The summed E-state index contributed by atoms with van der Waals surface area (Å²) in [6, 6.07) is 9.28. The van der Waals surface area contributed by atoms with Crippen LogP contribution in [-0.4, -0.2) is 72.1 Å². The Morgan fingerprint density at radius 1 is 1.13 bits per heavy atom. The number of pyridine rings is 1. The van der Waals surface area contributed by atoms with E-state index in [-0.39, 0.29) is 24.6 Å². The Kier molecular flexibility index (Phi) is 6.23. The van der Waals surface area contributed by atoms with E-state index in [1.807, 2.05) is 47.2 Å². The van der Waals surface area contributed by atoms with Crippen LogP contribution >= 0.6 is 0 Å². The summed E-state index contributed by atoms with van der Waals surface area (Å²) in [7, 11) is 0. The van der Waals surface area contributed by atoms with Crippen LogP contribution in [0, 0.1) is 13.8 Å². The average Bonchev–Trinajstić information content (AvgIpc) is 3.22. The molecule has 2 unspecified atom stereocenters. The lowest BCUT2D eigenvalue weighted by Crippen LogP contribution is -2.49. The molecule has 1 N–H and O–H groups in total. The van der Waals surface area contributed by atoms with E-state index in [1.165, 1.54) is 0 Å². The van der Waals surface area contributed by atoms with Gasteiger partial charge < -0.3 is 24.6 Å². The number of benzene rings is 1. The molecule has 2 aliphatic rings. The number of anilines is 2. The molecule has 0 bridgehead atoms. The van der Waals surface area contributed by atoms with Gasteiger partial charge in [-0.05, 0) is 62.1 Å². The van der Waals surface area contributed by atoms with E-state index in [4.69, 9.17) is 0 Å². The lowest BCUT2D eigenvalue weighted by Gasteiger charge is -2.36. The van der Waals surface area contributed by atoms with Crippen molar-refractivity contribution < 1.29 is 14.7 Å². The number of aliphatic hydroxyl groups is 1. The lowest BCUT2D eigenvalue weighted by molar-refractivity contribution is -0.108. The number of aromatic nitrogens is 1. The molecule has 1 aromatic heterocycles. The van der Waals surface area contributed by atoms with Gasteiger partial charge in [-0.1, -0.05) is 6.07 Å². The molecule has 1 amide bonds. The standard InChI is InChI=1S/C24H30N4O3/c1-17-13-18(2)23(25-14-17)26-9-11-27(12-10-26)24(31)19-3-5-20(6-4-19)28-21(15-29)7-8-22(28)16-30/h3-6,13-15,21-22,30H,7-12,16H2,1-2H3. The van der Waals surface area contributed by atoms with Crippen molar-refractivity contribution in [3.8, 4) is 0 Å². The van der Waals surface area contributed by atoms with Crippen molar-refractivity contribution in [2.24, 2.45) is 0 Å². The monoisotopic (exact) mass is 422 g/mol. The quantitative estimate of drug-likeness (QED) is 0.745. The number of aryl methyl sites for hydroxylation is 2. The maximum Gasteiger partial charge on any atom is 0.253 e. The molecule has 164 valence electrons. The van der Waals surface area contributed by atoms with Crippen LogP contribution in [0.5, 0.6) is 0 Å². The highest BCUT2D eigenvalue weighted by Crippen LogP contribution is 2.30. The van der Waals surface area contributed by atoms with Gasteiger partial charge >= 0.3 is 0 Å². The van der Waals surface area contributed by atoms with Crippen molar-refractivity contribution in [1.29, 1.82) is 0 Å². The molecule has 7 heteroatoms. The molecule has 4 rings (SSSR count). The number of piperazine rings is 1. The van der Waals surface area contributed by atoms with Crippen LogP contribution < -0.4 is 9.80 Å². The predicted molar refractivity (Wildman–Crippen MR) is 121 cm³/mol. The molecule has 2 aliphatic heterocycles. The molecule has 2 aromatic rings. The number of rotatable bonds is 5. The summed E-state index contributed by atoms with van der Waals surface area (Å²) >= 11 is 0. The van der Waals surface area contributed by atoms with Gasteiger partial charge in [-0.2, -0.15) is 0 Å². The fourth-order valence-electron chi connectivity index (χ4n) is 4.75. The summed E-state index contributed by atoms with van der Waals surface area (Å²) in [5, 5.41) is 9.63. The van der Waals surface area contributed by atoms with Gasteiger partial charge in [0.1, 0.15) is 12.1 Å². The normalized spacial score (nSPS) is 21.5. The largest absolute Gasteiger partial charge is 0.394 e. The van der Waals surface area contributed by atoms with Gasteiger partial charge in [-0.25, -0.2) is 4.98 Å². The molecule has 0 spiro atoms. The first-order chi connectivity index (χ1) is 15.0. The number of aliphatic hydroxyl groups excluding tert-OH is 1. The van der Waals surface area contributed by atoms with Crippen LogP contribution in [0.25, 0.3) is 0 Å². The van der Waals surface area contributed by atoms with Gasteiger partial charge in [-0.15, -0.1) is 0 Å². The number of carbonyl (C=O) groups is 2.